The highest BCUT2D eigenvalue weighted by Crippen LogP contribution is 2.38. The van der Waals surface area contributed by atoms with Crippen LogP contribution in [0.25, 0.3) is 0 Å². The van der Waals surface area contributed by atoms with Crippen LogP contribution >= 0.6 is 0 Å². The molecule has 0 rings (SSSR count). The Morgan fingerprint density at radius 2 is 1.86 bits per heavy atom. The average molecular weight is 190 g/mol. The number of allylic oxidation sites excluding steroid dienone is 1. The van der Waals surface area contributed by atoms with Gasteiger partial charge in [0.1, 0.15) is 5.41 Å². The van der Waals surface area contributed by atoms with Crippen molar-refractivity contribution < 1.29 is 0 Å². The first kappa shape index (κ1) is 12.7. The van der Waals surface area contributed by atoms with E-state index in [1.54, 1.807) is 6.08 Å². The Morgan fingerprint density at radius 1 is 1.36 bits per heavy atom. The van der Waals surface area contributed by atoms with Crippen molar-refractivity contribution >= 4 is 0 Å². The van der Waals surface area contributed by atoms with Gasteiger partial charge in [0.15, 0.2) is 0 Å². The fourth-order valence-electron chi connectivity index (χ4n) is 2.05. The Morgan fingerprint density at radius 3 is 2.07 bits per heavy atom. The third-order valence-corrected chi connectivity index (χ3v) is 2.74. The molecule has 1 atom stereocenters. The van der Waals surface area contributed by atoms with Gasteiger partial charge in [0.05, 0.1) is 12.1 Å². The molecular formula is C12H18N2. The maximum absolute atomic E-state index is 9.14. The van der Waals surface area contributed by atoms with Crippen molar-refractivity contribution in [2.24, 2.45) is 17.3 Å². The van der Waals surface area contributed by atoms with Gasteiger partial charge in [-0.2, -0.15) is 10.5 Å². The number of hydrogen-bond acceptors (Lipinski definition) is 2. The fraction of sp³-hybridized carbons (Fsp3) is 0.667. The minimum absolute atomic E-state index is 0.121. The molecule has 0 N–H and O–H groups in total. The lowest BCUT2D eigenvalue weighted by Gasteiger charge is -2.30. The van der Waals surface area contributed by atoms with E-state index in [0.29, 0.717) is 12.3 Å². The second kappa shape index (κ2) is 5.45. The van der Waals surface area contributed by atoms with Crippen LogP contribution < -0.4 is 0 Å². The van der Waals surface area contributed by atoms with Gasteiger partial charge < -0.3 is 0 Å². The van der Waals surface area contributed by atoms with Crippen molar-refractivity contribution in [1.29, 1.82) is 10.5 Å². The summed E-state index contributed by atoms with van der Waals surface area (Å²) in [5.74, 6) is 0.467. The lowest BCUT2D eigenvalue weighted by atomic mass is 9.69. The van der Waals surface area contributed by atoms with Crippen LogP contribution in [0.4, 0.5) is 0 Å². The van der Waals surface area contributed by atoms with Gasteiger partial charge in [-0.05, 0) is 18.3 Å². The van der Waals surface area contributed by atoms with Crippen molar-refractivity contribution in [3.8, 4) is 12.1 Å². The first-order chi connectivity index (χ1) is 6.57. The van der Waals surface area contributed by atoms with E-state index in [4.69, 9.17) is 10.5 Å². The Bertz CT molecular complexity index is 251. The van der Waals surface area contributed by atoms with Crippen LogP contribution in [0.5, 0.6) is 0 Å². The summed E-state index contributed by atoms with van der Waals surface area (Å²) >= 11 is 0. The predicted octanol–water partition coefficient (Wildman–Crippen LogP) is 3.28. The van der Waals surface area contributed by atoms with Gasteiger partial charge in [0, 0.05) is 0 Å². The molecule has 0 saturated carbocycles. The Hall–Kier alpha value is -1.28. The molecule has 0 bridgehead atoms. The van der Waals surface area contributed by atoms with Crippen LogP contribution in [0, 0.1) is 39.9 Å². The third kappa shape index (κ3) is 2.36. The molecule has 14 heavy (non-hydrogen) atoms. The molecule has 2 nitrogen and oxygen atoms in total. The topological polar surface area (TPSA) is 47.6 Å². The monoisotopic (exact) mass is 190 g/mol. The van der Waals surface area contributed by atoms with Crippen molar-refractivity contribution in [2.75, 3.05) is 0 Å². The zero-order chi connectivity index (χ0) is 11.2. The highest BCUT2D eigenvalue weighted by Gasteiger charge is 2.38. The summed E-state index contributed by atoms with van der Waals surface area (Å²) in [4.78, 5) is 0. The quantitative estimate of drug-likeness (QED) is 0.624. The summed E-state index contributed by atoms with van der Waals surface area (Å²) < 4.78 is 0. The molecule has 0 aliphatic carbocycles. The predicted molar refractivity (Wildman–Crippen MR) is 57.1 cm³/mol. The van der Waals surface area contributed by atoms with Gasteiger partial charge in [-0.3, -0.25) is 0 Å². The highest BCUT2D eigenvalue weighted by atomic mass is 14.5. The second-order valence-electron chi connectivity index (χ2n) is 3.95. The molecule has 0 heterocycles. The van der Waals surface area contributed by atoms with Crippen LogP contribution in [0.3, 0.4) is 0 Å². The molecule has 0 fully saturated rings. The summed E-state index contributed by atoms with van der Waals surface area (Å²) in [7, 11) is 0. The molecule has 0 aromatic carbocycles. The van der Waals surface area contributed by atoms with E-state index in [0.717, 1.165) is 6.42 Å². The number of rotatable bonds is 5. The van der Waals surface area contributed by atoms with E-state index in [9.17, 15) is 0 Å². The molecule has 0 aliphatic heterocycles. The first-order valence-corrected chi connectivity index (χ1v) is 5.01. The van der Waals surface area contributed by atoms with E-state index >= 15 is 0 Å². The summed E-state index contributed by atoms with van der Waals surface area (Å²) in [6.45, 7) is 9.75. The van der Waals surface area contributed by atoms with Crippen molar-refractivity contribution in [3.05, 3.63) is 12.7 Å². The second-order valence-corrected chi connectivity index (χ2v) is 3.95. The van der Waals surface area contributed by atoms with E-state index in [1.807, 2.05) is 6.92 Å². The molecule has 1 unspecified atom stereocenters. The fourth-order valence-corrected chi connectivity index (χ4v) is 2.05. The SMILES string of the molecule is C=CCC(C#N)(C#N)C(CC)C(C)C. The molecule has 0 spiro atoms. The van der Waals surface area contributed by atoms with Crippen LogP contribution in [0.15, 0.2) is 12.7 Å². The van der Waals surface area contributed by atoms with E-state index < -0.39 is 5.41 Å². The van der Waals surface area contributed by atoms with Gasteiger partial charge >= 0.3 is 0 Å². The summed E-state index contributed by atoms with van der Waals surface area (Å²) in [5, 5.41) is 18.3. The smallest absolute Gasteiger partial charge is 0.150 e. The van der Waals surface area contributed by atoms with E-state index in [2.05, 4.69) is 32.6 Å². The van der Waals surface area contributed by atoms with E-state index in [-0.39, 0.29) is 5.92 Å². The zero-order valence-electron chi connectivity index (χ0n) is 9.25. The highest BCUT2D eigenvalue weighted by molar-refractivity contribution is 5.18. The lowest BCUT2D eigenvalue weighted by molar-refractivity contribution is 0.231. The maximum Gasteiger partial charge on any atom is 0.150 e. The maximum atomic E-state index is 9.14. The molecule has 76 valence electrons. The van der Waals surface area contributed by atoms with Gasteiger partial charge in [-0.25, -0.2) is 0 Å². The first-order valence-electron chi connectivity index (χ1n) is 5.01. The summed E-state index contributed by atoms with van der Waals surface area (Å²) in [6, 6.07) is 4.33. The van der Waals surface area contributed by atoms with Gasteiger partial charge in [-0.1, -0.05) is 33.3 Å². The summed E-state index contributed by atoms with van der Waals surface area (Å²) in [5.41, 5.74) is -0.884. The van der Waals surface area contributed by atoms with Crippen molar-refractivity contribution in [3.63, 3.8) is 0 Å². The van der Waals surface area contributed by atoms with Gasteiger partial charge in [-0.15, -0.1) is 6.58 Å². The minimum Gasteiger partial charge on any atom is -0.197 e. The molecule has 2 heteroatoms. The van der Waals surface area contributed by atoms with Crippen LogP contribution in [-0.4, -0.2) is 0 Å². The normalized spacial score (nSPS) is 13.0. The Balaban J connectivity index is 5.07. The molecule has 0 radical (unpaired) electrons. The zero-order valence-corrected chi connectivity index (χ0v) is 9.25. The van der Waals surface area contributed by atoms with Crippen LogP contribution in [-0.2, 0) is 0 Å². The number of nitrogens with zero attached hydrogens (tertiary/aromatic N) is 2. The molecule has 0 aromatic heterocycles. The largest absolute Gasteiger partial charge is 0.197 e. The van der Waals surface area contributed by atoms with Gasteiger partial charge in [0.2, 0.25) is 0 Å². The van der Waals surface area contributed by atoms with Crippen LogP contribution in [0.2, 0.25) is 0 Å². The van der Waals surface area contributed by atoms with Crippen molar-refractivity contribution in [1.82, 2.24) is 0 Å². The molecule has 0 saturated heterocycles. The third-order valence-electron chi connectivity index (χ3n) is 2.74. The molecular weight excluding hydrogens is 172 g/mol. The number of hydrogen-bond donors (Lipinski definition) is 0. The molecule has 0 aromatic rings. The average Bonchev–Trinajstić information content (AvgIpc) is 2.17. The Labute approximate surface area is 86.8 Å². The lowest BCUT2D eigenvalue weighted by Crippen LogP contribution is -2.30. The van der Waals surface area contributed by atoms with Gasteiger partial charge in [0.25, 0.3) is 0 Å². The van der Waals surface area contributed by atoms with Crippen molar-refractivity contribution in [2.45, 2.75) is 33.6 Å². The Kier molecular flexibility index (Phi) is 4.95. The number of nitriles is 2. The molecule has 0 amide bonds. The standard InChI is InChI=1S/C12H18N2/c1-5-7-12(8-13,9-14)11(6-2)10(3)4/h5,10-11H,1,6-7H2,2-4H3. The molecule has 0 aliphatic rings. The summed E-state index contributed by atoms with van der Waals surface area (Å²) in [6.07, 6.45) is 2.97. The van der Waals surface area contributed by atoms with E-state index in [1.165, 1.54) is 0 Å². The van der Waals surface area contributed by atoms with Crippen LogP contribution in [0.1, 0.15) is 33.6 Å². The minimum atomic E-state index is -0.884.